The van der Waals surface area contributed by atoms with Gasteiger partial charge in [-0.05, 0) is 31.7 Å². The zero-order valence-electron chi connectivity index (χ0n) is 10.5. The maximum absolute atomic E-state index is 12.2. The number of carbonyl (C=O) groups excluding carboxylic acids is 1. The van der Waals surface area contributed by atoms with Gasteiger partial charge >= 0.3 is 0 Å². The molecular formula is C14H20N2O. The molecule has 1 atom stereocenters. The summed E-state index contributed by atoms with van der Waals surface area (Å²) in [5.41, 5.74) is 8.09. The van der Waals surface area contributed by atoms with Gasteiger partial charge in [-0.3, -0.25) is 4.79 Å². The lowest BCUT2D eigenvalue weighted by Crippen LogP contribution is -2.45. The first-order valence-electron chi connectivity index (χ1n) is 6.18. The van der Waals surface area contributed by atoms with Crippen LogP contribution in [0.2, 0.25) is 0 Å². The van der Waals surface area contributed by atoms with Gasteiger partial charge in [-0.1, -0.05) is 29.8 Å². The Labute approximate surface area is 103 Å². The van der Waals surface area contributed by atoms with Crippen LogP contribution in [0.1, 0.15) is 36.4 Å². The Kier molecular flexibility index (Phi) is 3.48. The first-order valence-corrected chi connectivity index (χ1v) is 6.18. The van der Waals surface area contributed by atoms with Crippen LogP contribution < -0.4 is 5.73 Å². The molecule has 0 radical (unpaired) electrons. The van der Waals surface area contributed by atoms with Gasteiger partial charge in [0.2, 0.25) is 5.91 Å². The molecule has 1 aromatic rings. The van der Waals surface area contributed by atoms with E-state index >= 15 is 0 Å². The minimum Gasteiger partial charge on any atom is -0.341 e. The van der Waals surface area contributed by atoms with Crippen molar-refractivity contribution < 1.29 is 4.79 Å². The van der Waals surface area contributed by atoms with E-state index in [9.17, 15) is 4.79 Å². The van der Waals surface area contributed by atoms with Gasteiger partial charge in [0.25, 0.3) is 0 Å². The molecule has 0 heterocycles. The van der Waals surface area contributed by atoms with Crippen molar-refractivity contribution in [3.63, 3.8) is 0 Å². The fourth-order valence-corrected chi connectivity index (χ4v) is 2.09. The molecule has 1 aromatic carbocycles. The van der Waals surface area contributed by atoms with E-state index in [1.807, 2.05) is 43.1 Å². The molecular weight excluding hydrogens is 212 g/mol. The summed E-state index contributed by atoms with van der Waals surface area (Å²) >= 11 is 0. The molecule has 0 saturated heterocycles. The normalized spacial score (nSPS) is 17.4. The Morgan fingerprint density at radius 2 is 1.94 bits per heavy atom. The maximum atomic E-state index is 12.2. The second-order valence-corrected chi connectivity index (χ2v) is 4.92. The number of carbonyl (C=O) groups is 1. The average molecular weight is 232 g/mol. The maximum Gasteiger partial charge on any atom is 0.244 e. The lowest BCUT2D eigenvalue weighted by Gasteiger charge is -2.36. The first-order chi connectivity index (χ1) is 8.09. The Morgan fingerprint density at radius 1 is 1.35 bits per heavy atom. The van der Waals surface area contributed by atoms with Crippen molar-refractivity contribution in [2.24, 2.45) is 5.73 Å². The van der Waals surface area contributed by atoms with Gasteiger partial charge in [0.1, 0.15) is 6.04 Å². The van der Waals surface area contributed by atoms with Crippen molar-refractivity contribution in [1.82, 2.24) is 4.90 Å². The van der Waals surface area contributed by atoms with Crippen LogP contribution in [-0.2, 0) is 4.79 Å². The van der Waals surface area contributed by atoms with Crippen molar-refractivity contribution in [2.45, 2.75) is 38.3 Å². The number of hydrogen-bond acceptors (Lipinski definition) is 2. The molecule has 17 heavy (non-hydrogen) atoms. The molecule has 0 aliphatic heterocycles. The molecule has 3 nitrogen and oxygen atoms in total. The lowest BCUT2D eigenvalue weighted by molar-refractivity contribution is -0.135. The monoisotopic (exact) mass is 232 g/mol. The topological polar surface area (TPSA) is 46.3 Å². The van der Waals surface area contributed by atoms with Crippen LogP contribution >= 0.6 is 0 Å². The number of rotatable bonds is 3. The van der Waals surface area contributed by atoms with Gasteiger partial charge < -0.3 is 10.6 Å². The highest BCUT2D eigenvalue weighted by atomic mass is 16.2. The molecule has 1 fully saturated rings. The van der Waals surface area contributed by atoms with E-state index in [0.717, 1.165) is 18.4 Å². The molecule has 0 bridgehead atoms. The molecule has 92 valence electrons. The number of hydrogen-bond donors (Lipinski definition) is 1. The second-order valence-electron chi connectivity index (χ2n) is 4.92. The van der Waals surface area contributed by atoms with E-state index in [1.165, 1.54) is 12.0 Å². The van der Waals surface area contributed by atoms with Gasteiger partial charge in [0, 0.05) is 13.1 Å². The fourth-order valence-electron chi connectivity index (χ4n) is 2.09. The number of benzene rings is 1. The highest BCUT2D eigenvalue weighted by Gasteiger charge is 2.29. The average Bonchev–Trinajstić information content (AvgIpc) is 2.25. The van der Waals surface area contributed by atoms with Gasteiger partial charge in [0.15, 0.2) is 0 Å². The van der Waals surface area contributed by atoms with Gasteiger partial charge in [-0.2, -0.15) is 0 Å². The Bertz CT molecular complexity index is 395. The smallest absolute Gasteiger partial charge is 0.244 e. The molecule has 2 N–H and O–H groups in total. The van der Waals surface area contributed by atoms with Crippen LogP contribution in [0.15, 0.2) is 24.3 Å². The number of aryl methyl sites for hydroxylation is 1. The van der Waals surface area contributed by atoms with Crippen LogP contribution in [0.4, 0.5) is 0 Å². The summed E-state index contributed by atoms with van der Waals surface area (Å²) in [5, 5.41) is 0. The first kappa shape index (κ1) is 12.1. The lowest BCUT2D eigenvalue weighted by atomic mass is 9.91. The third kappa shape index (κ3) is 2.50. The number of nitrogens with zero attached hydrogens (tertiary/aromatic N) is 1. The third-order valence-electron chi connectivity index (χ3n) is 3.67. The van der Waals surface area contributed by atoms with E-state index in [2.05, 4.69) is 0 Å². The van der Waals surface area contributed by atoms with Crippen molar-refractivity contribution >= 4 is 5.91 Å². The molecule has 1 saturated carbocycles. The summed E-state index contributed by atoms with van der Waals surface area (Å²) in [7, 11) is 1.86. The summed E-state index contributed by atoms with van der Waals surface area (Å²) in [6.07, 6.45) is 3.45. The predicted molar refractivity (Wildman–Crippen MR) is 68.5 cm³/mol. The fraction of sp³-hybridized carbons (Fsp3) is 0.500. The minimum absolute atomic E-state index is 0.0264. The Morgan fingerprint density at radius 3 is 2.41 bits per heavy atom. The summed E-state index contributed by atoms with van der Waals surface area (Å²) in [6, 6.07) is 7.73. The molecule has 3 heteroatoms. The second kappa shape index (κ2) is 4.88. The SMILES string of the molecule is Cc1ccc([C@H](N)C(=O)N(C)C2CCC2)cc1. The van der Waals surface area contributed by atoms with Gasteiger partial charge in [-0.25, -0.2) is 0 Å². The molecule has 2 rings (SSSR count). The quantitative estimate of drug-likeness (QED) is 0.866. The van der Waals surface area contributed by atoms with Crippen LogP contribution in [0.3, 0.4) is 0 Å². The minimum atomic E-state index is -0.527. The van der Waals surface area contributed by atoms with Crippen LogP contribution in [-0.4, -0.2) is 23.9 Å². The van der Waals surface area contributed by atoms with E-state index in [4.69, 9.17) is 5.73 Å². The highest BCUT2D eigenvalue weighted by Crippen LogP contribution is 2.25. The summed E-state index contributed by atoms with van der Waals surface area (Å²) in [6.45, 7) is 2.03. The standard InChI is InChI=1S/C14H20N2O/c1-10-6-8-11(9-7-10)13(15)14(17)16(2)12-4-3-5-12/h6-9,12-13H,3-5,15H2,1-2H3/t13-/m0/s1. The zero-order chi connectivity index (χ0) is 12.4. The predicted octanol–water partition coefficient (Wildman–Crippen LogP) is 2.01. The largest absolute Gasteiger partial charge is 0.341 e. The molecule has 1 aliphatic rings. The van der Waals surface area contributed by atoms with Gasteiger partial charge in [0.05, 0.1) is 0 Å². The number of amides is 1. The van der Waals surface area contributed by atoms with Crippen molar-refractivity contribution in [3.05, 3.63) is 35.4 Å². The summed E-state index contributed by atoms with van der Waals surface area (Å²) in [4.78, 5) is 14.0. The van der Waals surface area contributed by atoms with Crippen molar-refractivity contribution in [1.29, 1.82) is 0 Å². The van der Waals surface area contributed by atoms with Crippen molar-refractivity contribution in [3.8, 4) is 0 Å². The Balaban J connectivity index is 2.05. The molecule has 0 aromatic heterocycles. The van der Waals surface area contributed by atoms with E-state index in [0.29, 0.717) is 6.04 Å². The van der Waals surface area contributed by atoms with E-state index in [1.54, 1.807) is 0 Å². The van der Waals surface area contributed by atoms with Gasteiger partial charge in [-0.15, -0.1) is 0 Å². The molecule has 0 unspecified atom stereocenters. The van der Waals surface area contributed by atoms with E-state index < -0.39 is 6.04 Å². The highest BCUT2D eigenvalue weighted by molar-refractivity contribution is 5.83. The Hall–Kier alpha value is -1.35. The van der Waals surface area contributed by atoms with Crippen LogP contribution in [0.25, 0.3) is 0 Å². The summed E-state index contributed by atoms with van der Waals surface area (Å²) in [5.74, 6) is 0.0264. The summed E-state index contributed by atoms with van der Waals surface area (Å²) < 4.78 is 0. The molecule has 1 aliphatic carbocycles. The van der Waals surface area contributed by atoms with Crippen molar-refractivity contribution in [2.75, 3.05) is 7.05 Å². The molecule has 1 amide bonds. The number of nitrogens with two attached hydrogens (primary N) is 1. The molecule has 0 spiro atoms. The number of likely N-dealkylation sites (N-methyl/N-ethyl adjacent to an activating group) is 1. The van der Waals surface area contributed by atoms with Crippen LogP contribution in [0.5, 0.6) is 0 Å². The zero-order valence-corrected chi connectivity index (χ0v) is 10.5. The third-order valence-corrected chi connectivity index (χ3v) is 3.67. The van der Waals surface area contributed by atoms with Crippen LogP contribution in [0, 0.1) is 6.92 Å². The van der Waals surface area contributed by atoms with E-state index in [-0.39, 0.29) is 5.91 Å².